The topological polar surface area (TPSA) is 55.0 Å². The Morgan fingerprint density at radius 3 is 2.94 bits per heavy atom. The molecule has 0 bridgehead atoms. The lowest BCUT2D eigenvalue weighted by atomic mass is 10.2. The van der Waals surface area contributed by atoms with Gasteiger partial charge in [-0.25, -0.2) is 9.97 Å². The molecule has 4 nitrogen and oxygen atoms in total. The number of hydrogen-bond donors (Lipinski definition) is 1. The molecule has 0 unspecified atom stereocenters. The molecule has 1 aromatic rings. The summed E-state index contributed by atoms with van der Waals surface area (Å²) in [6.07, 6.45) is 2.27. The van der Waals surface area contributed by atoms with Gasteiger partial charge < -0.3 is 10.6 Å². The molecule has 0 saturated carbocycles. The van der Waals surface area contributed by atoms with E-state index in [1.54, 1.807) is 18.0 Å². The highest BCUT2D eigenvalue weighted by atomic mass is 32.2. The summed E-state index contributed by atoms with van der Waals surface area (Å²) in [4.78, 5) is 11.6. The lowest BCUT2D eigenvalue weighted by molar-refractivity contribution is 0.400. The average molecular weight is 268 g/mol. The molecular formula is C12H17FN4S. The molecule has 6 heteroatoms. The van der Waals surface area contributed by atoms with Crippen molar-refractivity contribution in [2.75, 3.05) is 18.3 Å². The Morgan fingerprint density at radius 2 is 2.28 bits per heavy atom. The van der Waals surface area contributed by atoms with E-state index in [1.165, 1.54) is 0 Å². The van der Waals surface area contributed by atoms with Crippen molar-refractivity contribution in [1.82, 2.24) is 14.9 Å². The van der Waals surface area contributed by atoms with E-state index in [-0.39, 0.29) is 6.67 Å². The molecule has 0 fully saturated rings. The lowest BCUT2D eigenvalue weighted by Crippen LogP contribution is -2.18. The van der Waals surface area contributed by atoms with Gasteiger partial charge >= 0.3 is 0 Å². The van der Waals surface area contributed by atoms with Crippen molar-refractivity contribution >= 4 is 17.6 Å². The highest BCUT2D eigenvalue weighted by Crippen LogP contribution is 2.35. The predicted octanol–water partition coefficient (Wildman–Crippen LogP) is 2.46. The highest BCUT2D eigenvalue weighted by Gasteiger charge is 2.20. The van der Waals surface area contributed by atoms with Crippen molar-refractivity contribution in [2.45, 2.75) is 26.8 Å². The minimum atomic E-state index is -0.302. The van der Waals surface area contributed by atoms with Crippen LogP contribution < -0.4 is 5.73 Å². The average Bonchev–Trinajstić information content (AvgIpc) is 2.66. The number of halogens is 1. The fourth-order valence-electron chi connectivity index (χ4n) is 1.88. The molecule has 1 aromatic heterocycles. The number of allylic oxidation sites excluding steroid dienone is 2. The number of aryl methyl sites for hydroxylation is 1. The largest absolute Gasteiger partial charge is 0.383 e. The first-order valence-electron chi connectivity index (χ1n) is 5.83. The van der Waals surface area contributed by atoms with Gasteiger partial charge in [0.15, 0.2) is 0 Å². The summed E-state index contributed by atoms with van der Waals surface area (Å²) in [7, 11) is 0. The van der Waals surface area contributed by atoms with Gasteiger partial charge in [-0.05, 0) is 13.8 Å². The van der Waals surface area contributed by atoms with Gasteiger partial charge in [-0.3, -0.25) is 4.39 Å². The summed E-state index contributed by atoms with van der Waals surface area (Å²) in [5, 5.41) is 0. The SMILES string of the molecule is CC1=C(CCF)SCN1Cc1cnc(C)nc1N. The zero-order chi connectivity index (χ0) is 13.1. The van der Waals surface area contributed by atoms with Crippen LogP contribution in [0.3, 0.4) is 0 Å². The second kappa shape index (κ2) is 5.56. The van der Waals surface area contributed by atoms with Crippen LogP contribution >= 0.6 is 11.8 Å². The third kappa shape index (κ3) is 2.75. The Labute approximate surface area is 110 Å². The van der Waals surface area contributed by atoms with E-state index in [0.717, 1.165) is 22.0 Å². The van der Waals surface area contributed by atoms with E-state index in [2.05, 4.69) is 14.9 Å². The van der Waals surface area contributed by atoms with Crippen molar-refractivity contribution in [3.63, 3.8) is 0 Å². The first-order chi connectivity index (χ1) is 8.61. The molecule has 0 aromatic carbocycles. The molecule has 2 N–H and O–H groups in total. The van der Waals surface area contributed by atoms with Crippen LogP contribution in [-0.4, -0.2) is 27.4 Å². The number of thioether (sulfide) groups is 1. The molecule has 98 valence electrons. The minimum absolute atomic E-state index is 0.302. The molecule has 2 heterocycles. The normalized spacial score (nSPS) is 15.6. The number of hydrogen-bond acceptors (Lipinski definition) is 5. The summed E-state index contributed by atoms with van der Waals surface area (Å²) in [5.41, 5.74) is 7.93. The van der Waals surface area contributed by atoms with Gasteiger partial charge in [0.2, 0.25) is 0 Å². The third-order valence-corrected chi connectivity index (χ3v) is 4.26. The van der Waals surface area contributed by atoms with E-state index < -0.39 is 0 Å². The minimum Gasteiger partial charge on any atom is -0.383 e. The van der Waals surface area contributed by atoms with Crippen LogP contribution in [0.15, 0.2) is 16.8 Å². The van der Waals surface area contributed by atoms with Crippen molar-refractivity contribution in [1.29, 1.82) is 0 Å². The third-order valence-electron chi connectivity index (χ3n) is 2.97. The van der Waals surface area contributed by atoms with E-state index in [9.17, 15) is 4.39 Å². The zero-order valence-electron chi connectivity index (χ0n) is 10.6. The molecular weight excluding hydrogens is 251 g/mol. The van der Waals surface area contributed by atoms with Gasteiger partial charge in [-0.1, -0.05) is 0 Å². The van der Waals surface area contributed by atoms with Crippen molar-refractivity contribution in [2.24, 2.45) is 0 Å². The van der Waals surface area contributed by atoms with Crippen LogP contribution in [0.4, 0.5) is 10.2 Å². The van der Waals surface area contributed by atoms with Crippen LogP contribution in [0, 0.1) is 6.92 Å². The molecule has 2 rings (SSSR count). The van der Waals surface area contributed by atoms with Crippen LogP contribution in [0.2, 0.25) is 0 Å². The zero-order valence-corrected chi connectivity index (χ0v) is 11.4. The van der Waals surface area contributed by atoms with Gasteiger partial charge in [0.25, 0.3) is 0 Å². The van der Waals surface area contributed by atoms with E-state index in [4.69, 9.17) is 5.73 Å². The van der Waals surface area contributed by atoms with E-state index in [0.29, 0.717) is 24.6 Å². The first kappa shape index (κ1) is 13.1. The monoisotopic (exact) mass is 268 g/mol. The molecule has 0 spiro atoms. The van der Waals surface area contributed by atoms with E-state index >= 15 is 0 Å². The Hall–Kier alpha value is -1.30. The Kier molecular flexibility index (Phi) is 4.06. The first-order valence-corrected chi connectivity index (χ1v) is 6.82. The number of nitrogens with two attached hydrogens (primary N) is 1. The number of nitrogen functional groups attached to an aromatic ring is 1. The highest BCUT2D eigenvalue weighted by molar-refractivity contribution is 8.03. The van der Waals surface area contributed by atoms with Gasteiger partial charge in [-0.15, -0.1) is 11.8 Å². The Bertz CT molecular complexity index is 475. The lowest BCUT2D eigenvalue weighted by Gasteiger charge is -2.19. The fraction of sp³-hybridized carbons (Fsp3) is 0.500. The maximum Gasteiger partial charge on any atom is 0.132 e. The number of rotatable bonds is 4. The predicted molar refractivity (Wildman–Crippen MR) is 72.5 cm³/mol. The van der Waals surface area contributed by atoms with Crippen LogP contribution in [0.25, 0.3) is 0 Å². The molecule has 18 heavy (non-hydrogen) atoms. The van der Waals surface area contributed by atoms with Crippen LogP contribution in [-0.2, 0) is 6.54 Å². The second-order valence-corrected chi connectivity index (χ2v) is 5.29. The number of nitrogens with zero attached hydrogens (tertiary/aromatic N) is 3. The quantitative estimate of drug-likeness (QED) is 0.909. The summed E-state index contributed by atoms with van der Waals surface area (Å²) >= 11 is 1.70. The summed E-state index contributed by atoms with van der Waals surface area (Å²) < 4.78 is 12.4. The number of aromatic nitrogens is 2. The maximum atomic E-state index is 12.4. The fourth-order valence-corrected chi connectivity index (χ4v) is 3.03. The maximum absolute atomic E-state index is 12.4. The number of anilines is 1. The Morgan fingerprint density at radius 1 is 1.50 bits per heavy atom. The van der Waals surface area contributed by atoms with Gasteiger partial charge in [0.1, 0.15) is 11.6 Å². The smallest absolute Gasteiger partial charge is 0.132 e. The van der Waals surface area contributed by atoms with Crippen molar-refractivity contribution in [3.05, 3.63) is 28.2 Å². The summed E-state index contributed by atoms with van der Waals surface area (Å²) in [6, 6.07) is 0. The van der Waals surface area contributed by atoms with Crippen molar-refractivity contribution < 1.29 is 4.39 Å². The number of alkyl halides is 1. The molecule has 0 aliphatic carbocycles. The molecule has 0 radical (unpaired) electrons. The summed E-state index contributed by atoms with van der Waals surface area (Å²) in [5.74, 6) is 2.05. The standard InChI is InChI=1S/C12H17FN4S/c1-8-11(3-4-13)18-7-17(8)6-10-5-15-9(2)16-12(10)14/h5H,3-4,6-7H2,1-2H3,(H2,14,15,16). The molecule has 0 saturated heterocycles. The summed E-state index contributed by atoms with van der Waals surface area (Å²) in [6.45, 7) is 4.22. The van der Waals surface area contributed by atoms with Gasteiger partial charge in [0.05, 0.1) is 12.6 Å². The van der Waals surface area contributed by atoms with E-state index in [1.807, 2.05) is 13.8 Å². The van der Waals surface area contributed by atoms with Gasteiger partial charge in [-0.2, -0.15) is 0 Å². The molecule has 1 aliphatic rings. The van der Waals surface area contributed by atoms with Crippen LogP contribution in [0.1, 0.15) is 24.7 Å². The second-order valence-electron chi connectivity index (χ2n) is 4.25. The Balaban J connectivity index is 2.11. The van der Waals surface area contributed by atoms with Crippen molar-refractivity contribution in [3.8, 4) is 0 Å². The molecule has 0 atom stereocenters. The van der Waals surface area contributed by atoms with Crippen LogP contribution in [0.5, 0.6) is 0 Å². The van der Waals surface area contributed by atoms with Gasteiger partial charge in [0, 0.05) is 35.3 Å². The molecule has 1 aliphatic heterocycles. The molecule has 0 amide bonds.